The molecule has 1 aliphatic heterocycles. The van der Waals surface area contributed by atoms with Gasteiger partial charge in [-0.2, -0.15) is 10.2 Å². The van der Waals surface area contributed by atoms with Crippen LogP contribution in [0.15, 0.2) is 30.9 Å². The number of pyridine rings is 1. The molecule has 1 aliphatic rings. The van der Waals surface area contributed by atoms with E-state index in [1.807, 2.05) is 37.1 Å². The van der Waals surface area contributed by atoms with Crippen LogP contribution in [-0.4, -0.2) is 43.9 Å². The van der Waals surface area contributed by atoms with Gasteiger partial charge in [0.05, 0.1) is 58.3 Å². The lowest BCUT2D eigenvalue weighted by molar-refractivity contribution is 0.102. The number of carbonyl (C=O) groups is 1. The van der Waals surface area contributed by atoms with Crippen molar-refractivity contribution in [3.8, 4) is 16.3 Å². The molecule has 4 aromatic rings. The van der Waals surface area contributed by atoms with E-state index in [9.17, 15) is 4.79 Å². The Labute approximate surface area is 170 Å². The summed E-state index contributed by atoms with van der Waals surface area (Å²) >= 11 is 1.49. The molecular formula is C19H19N7O2S. The van der Waals surface area contributed by atoms with Crippen LogP contribution < -0.4 is 15.4 Å². The average Bonchev–Trinajstić information content (AvgIpc) is 3.42. The lowest BCUT2D eigenvalue weighted by Gasteiger charge is -2.15. The van der Waals surface area contributed by atoms with Crippen molar-refractivity contribution >= 4 is 33.4 Å². The van der Waals surface area contributed by atoms with E-state index < -0.39 is 0 Å². The third-order valence-electron chi connectivity index (χ3n) is 4.87. The topological polar surface area (TPSA) is 98.4 Å². The van der Waals surface area contributed by atoms with Crippen molar-refractivity contribution < 1.29 is 9.53 Å². The lowest BCUT2D eigenvalue weighted by Crippen LogP contribution is -2.14. The van der Waals surface area contributed by atoms with Crippen LogP contribution in [0.25, 0.3) is 15.3 Å². The van der Waals surface area contributed by atoms with Crippen LogP contribution in [0.5, 0.6) is 5.88 Å². The molecule has 0 saturated carbocycles. The molecule has 0 aliphatic carbocycles. The molecule has 5 heterocycles. The van der Waals surface area contributed by atoms with Gasteiger partial charge in [-0.15, -0.1) is 11.3 Å². The fourth-order valence-electron chi connectivity index (χ4n) is 3.29. The van der Waals surface area contributed by atoms with Gasteiger partial charge in [0.15, 0.2) is 0 Å². The van der Waals surface area contributed by atoms with Crippen LogP contribution in [0.2, 0.25) is 0 Å². The van der Waals surface area contributed by atoms with E-state index >= 15 is 0 Å². The number of aromatic nitrogens is 5. The van der Waals surface area contributed by atoms with E-state index in [4.69, 9.17) is 4.74 Å². The molecule has 0 atom stereocenters. The third kappa shape index (κ3) is 3.01. The Bertz CT molecular complexity index is 1220. The maximum absolute atomic E-state index is 12.9. The summed E-state index contributed by atoms with van der Waals surface area (Å²) in [5.74, 6) is 0.553. The van der Waals surface area contributed by atoms with Crippen molar-refractivity contribution in [3.05, 3.63) is 42.1 Å². The largest absolute Gasteiger partial charge is 0.477 e. The van der Waals surface area contributed by atoms with Gasteiger partial charge in [0.2, 0.25) is 5.88 Å². The number of nitrogens with one attached hydrogen (secondary N) is 2. The Balaban J connectivity index is 1.47. The quantitative estimate of drug-likeness (QED) is 0.538. The maximum atomic E-state index is 12.9. The summed E-state index contributed by atoms with van der Waals surface area (Å²) in [6, 6.07) is 1.86. The number of ether oxygens (including phenoxy) is 1. The molecule has 0 spiro atoms. The first-order chi connectivity index (χ1) is 14.1. The van der Waals surface area contributed by atoms with Gasteiger partial charge < -0.3 is 15.4 Å². The molecule has 0 bridgehead atoms. The molecule has 1 amide bonds. The van der Waals surface area contributed by atoms with Gasteiger partial charge in [-0.25, -0.2) is 9.20 Å². The van der Waals surface area contributed by atoms with E-state index in [1.54, 1.807) is 16.9 Å². The number of amides is 1. The second-order valence-corrected chi connectivity index (χ2v) is 7.78. The first-order valence-corrected chi connectivity index (χ1v) is 10.1. The molecule has 10 heteroatoms. The monoisotopic (exact) mass is 409 g/mol. The zero-order valence-corrected chi connectivity index (χ0v) is 16.8. The zero-order valence-electron chi connectivity index (χ0n) is 16.0. The van der Waals surface area contributed by atoms with Crippen molar-refractivity contribution in [3.63, 3.8) is 0 Å². The predicted octanol–water partition coefficient (Wildman–Crippen LogP) is 3.04. The second kappa shape index (κ2) is 6.89. The SMILES string of the molecule is CNc1cnc(C)c(NC(=O)c2cnn3cc(-c4cnn5c4OCCC5)sc23)c1. The molecular weight excluding hydrogens is 390 g/mol. The fraction of sp³-hybridized carbons (Fsp3) is 0.263. The number of carbonyl (C=O) groups excluding carboxylic acids is 1. The Morgan fingerprint density at radius 1 is 1.28 bits per heavy atom. The van der Waals surface area contributed by atoms with Crippen molar-refractivity contribution in [2.24, 2.45) is 0 Å². The fourth-order valence-corrected chi connectivity index (χ4v) is 4.35. The van der Waals surface area contributed by atoms with E-state index in [-0.39, 0.29) is 5.91 Å². The highest BCUT2D eigenvalue weighted by Crippen LogP contribution is 2.37. The summed E-state index contributed by atoms with van der Waals surface area (Å²) in [6.07, 6.45) is 7.98. The van der Waals surface area contributed by atoms with Crippen molar-refractivity contribution in [2.75, 3.05) is 24.3 Å². The molecule has 0 fully saturated rings. The van der Waals surface area contributed by atoms with E-state index in [0.717, 1.165) is 45.5 Å². The minimum absolute atomic E-state index is 0.222. The van der Waals surface area contributed by atoms with Crippen molar-refractivity contribution in [2.45, 2.75) is 19.9 Å². The number of thiazole rings is 1. The van der Waals surface area contributed by atoms with Crippen LogP contribution in [0, 0.1) is 6.92 Å². The Morgan fingerprint density at radius 3 is 3.03 bits per heavy atom. The molecule has 2 N–H and O–H groups in total. The summed E-state index contributed by atoms with van der Waals surface area (Å²) in [6.45, 7) is 3.40. The number of hydrogen-bond acceptors (Lipinski definition) is 7. The predicted molar refractivity (Wildman–Crippen MR) is 111 cm³/mol. The first kappa shape index (κ1) is 17.7. The summed E-state index contributed by atoms with van der Waals surface area (Å²) in [7, 11) is 1.81. The molecule has 29 heavy (non-hydrogen) atoms. The molecule has 0 radical (unpaired) electrons. The van der Waals surface area contributed by atoms with Gasteiger partial charge in [-0.3, -0.25) is 9.78 Å². The molecule has 0 saturated heterocycles. The number of hydrogen-bond donors (Lipinski definition) is 2. The standard InChI is InChI=1S/C19H19N7O2S/c1-11-15(6-12(20-2)7-21-11)24-17(27)14-9-23-26-10-16(29-19(14)26)13-8-22-25-4-3-5-28-18(13)25/h6-10,20H,3-5H2,1-2H3,(H,24,27). The number of fused-ring (bicyclic) bond motifs is 2. The summed E-state index contributed by atoms with van der Waals surface area (Å²) in [5.41, 5.74) is 3.68. The third-order valence-corrected chi connectivity index (χ3v) is 6.02. The van der Waals surface area contributed by atoms with Gasteiger partial charge in [0.25, 0.3) is 5.91 Å². The Kier molecular flexibility index (Phi) is 4.20. The lowest BCUT2D eigenvalue weighted by atomic mass is 10.2. The minimum Gasteiger partial charge on any atom is -0.477 e. The summed E-state index contributed by atoms with van der Waals surface area (Å²) in [4.78, 5) is 19.0. The van der Waals surface area contributed by atoms with Gasteiger partial charge >= 0.3 is 0 Å². The van der Waals surface area contributed by atoms with Gasteiger partial charge in [0.1, 0.15) is 4.83 Å². The minimum atomic E-state index is -0.222. The van der Waals surface area contributed by atoms with Crippen LogP contribution in [0.3, 0.4) is 0 Å². The van der Waals surface area contributed by atoms with Crippen molar-refractivity contribution in [1.82, 2.24) is 24.4 Å². The molecule has 0 aromatic carbocycles. The normalized spacial score (nSPS) is 13.2. The summed E-state index contributed by atoms with van der Waals surface area (Å²) in [5, 5.41) is 14.7. The number of rotatable bonds is 4. The molecule has 0 unspecified atom stereocenters. The molecule has 5 rings (SSSR count). The molecule has 148 valence electrons. The van der Waals surface area contributed by atoms with E-state index in [2.05, 4.69) is 25.8 Å². The van der Waals surface area contributed by atoms with Crippen LogP contribution in [-0.2, 0) is 6.54 Å². The Morgan fingerprint density at radius 2 is 2.17 bits per heavy atom. The van der Waals surface area contributed by atoms with Crippen LogP contribution in [0.4, 0.5) is 11.4 Å². The smallest absolute Gasteiger partial charge is 0.260 e. The van der Waals surface area contributed by atoms with E-state index in [1.165, 1.54) is 11.3 Å². The highest BCUT2D eigenvalue weighted by molar-refractivity contribution is 7.21. The maximum Gasteiger partial charge on any atom is 0.260 e. The number of anilines is 2. The molecule has 4 aromatic heterocycles. The van der Waals surface area contributed by atoms with Gasteiger partial charge in [-0.05, 0) is 13.0 Å². The highest BCUT2D eigenvalue weighted by atomic mass is 32.1. The van der Waals surface area contributed by atoms with Crippen LogP contribution in [0.1, 0.15) is 22.5 Å². The van der Waals surface area contributed by atoms with Crippen LogP contribution >= 0.6 is 11.3 Å². The van der Waals surface area contributed by atoms with Gasteiger partial charge in [-0.1, -0.05) is 0 Å². The van der Waals surface area contributed by atoms with Gasteiger partial charge in [0, 0.05) is 26.2 Å². The van der Waals surface area contributed by atoms with E-state index in [0.29, 0.717) is 17.9 Å². The Hall–Kier alpha value is -3.40. The summed E-state index contributed by atoms with van der Waals surface area (Å²) < 4.78 is 9.39. The first-order valence-electron chi connectivity index (χ1n) is 9.26. The highest BCUT2D eigenvalue weighted by Gasteiger charge is 2.22. The number of nitrogens with zero attached hydrogens (tertiary/aromatic N) is 5. The average molecular weight is 409 g/mol. The van der Waals surface area contributed by atoms with Crippen molar-refractivity contribution in [1.29, 1.82) is 0 Å². The zero-order chi connectivity index (χ0) is 20.0. The molecule has 9 nitrogen and oxygen atoms in total. The number of aryl methyl sites for hydroxylation is 2. The second-order valence-electron chi connectivity index (χ2n) is 6.75.